The lowest BCUT2D eigenvalue weighted by atomic mass is 10.1. The first-order valence-electron chi connectivity index (χ1n) is 8.95. The molecule has 3 aromatic rings. The topological polar surface area (TPSA) is 66.2 Å². The van der Waals surface area contributed by atoms with Crippen LogP contribution >= 0.6 is 11.8 Å². The van der Waals surface area contributed by atoms with Crippen molar-refractivity contribution in [2.45, 2.75) is 25.5 Å². The molecule has 3 rings (SSSR count). The number of nitrogens with zero attached hydrogens (tertiary/aromatic N) is 3. The molecule has 6 nitrogen and oxygen atoms in total. The molecular formula is C21H23N3O3S. The third-order valence-electron chi connectivity index (χ3n) is 4.35. The van der Waals surface area contributed by atoms with Gasteiger partial charge in [0.05, 0.1) is 25.5 Å². The molecule has 2 aromatic carbocycles. The van der Waals surface area contributed by atoms with Gasteiger partial charge < -0.3 is 14.0 Å². The van der Waals surface area contributed by atoms with Crippen molar-refractivity contribution >= 4 is 17.5 Å². The van der Waals surface area contributed by atoms with Crippen LogP contribution < -0.4 is 9.47 Å². The zero-order valence-electron chi connectivity index (χ0n) is 16.4. The first kappa shape index (κ1) is 19.9. The summed E-state index contributed by atoms with van der Waals surface area (Å²) in [5, 5.41) is 9.37. The highest BCUT2D eigenvalue weighted by Crippen LogP contribution is 2.28. The maximum atomic E-state index is 12.7. The van der Waals surface area contributed by atoms with Crippen LogP contribution in [0.4, 0.5) is 0 Å². The summed E-state index contributed by atoms with van der Waals surface area (Å²) in [6, 6.07) is 13.3. The summed E-state index contributed by atoms with van der Waals surface area (Å²) in [6.07, 6.45) is 0. The summed E-state index contributed by atoms with van der Waals surface area (Å²) < 4.78 is 12.5. The summed E-state index contributed by atoms with van der Waals surface area (Å²) in [6.45, 7) is 4.81. The molecule has 0 saturated carbocycles. The number of hydrogen-bond donors (Lipinski definition) is 0. The maximum Gasteiger partial charge on any atom is 0.191 e. The van der Waals surface area contributed by atoms with Crippen molar-refractivity contribution in [3.05, 3.63) is 53.6 Å². The fourth-order valence-corrected chi connectivity index (χ4v) is 3.80. The van der Waals surface area contributed by atoms with Gasteiger partial charge in [0.1, 0.15) is 11.5 Å². The van der Waals surface area contributed by atoms with Gasteiger partial charge in [-0.2, -0.15) is 0 Å². The molecular weight excluding hydrogens is 374 g/mol. The molecule has 0 fully saturated rings. The fraction of sp³-hybridized carbons (Fsp3) is 0.286. The average Bonchev–Trinajstić information content (AvgIpc) is 3.14. The number of ketones is 1. The normalized spacial score (nSPS) is 10.7. The molecule has 0 aliphatic heterocycles. The summed E-state index contributed by atoms with van der Waals surface area (Å²) in [7, 11) is 3.12. The van der Waals surface area contributed by atoms with Crippen molar-refractivity contribution in [1.29, 1.82) is 0 Å². The summed E-state index contributed by atoms with van der Waals surface area (Å²) in [4.78, 5) is 12.7. The Morgan fingerprint density at radius 2 is 1.93 bits per heavy atom. The van der Waals surface area contributed by atoms with Crippen molar-refractivity contribution in [2.24, 2.45) is 0 Å². The lowest BCUT2D eigenvalue weighted by Crippen LogP contribution is -2.07. The van der Waals surface area contributed by atoms with E-state index < -0.39 is 0 Å². The second-order valence-corrected chi connectivity index (χ2v) is 7.14. The zero-order valence-corrected chi connectivity index (χ0v) is 17.2. The molecule has 0 aliphatic rings. The molecule has 0 atom stereocenters. The number of rotatable bonds is 8. The minimum Gasteiger partial charge on any atom is -0.497 e. The van der Waals surface area contributed by atoms with Crippen LogP contribution in [0.3, 0.4) is 0 Å². The number of benzene rings is 2. The molecule has 0 spiro atoms. The standard InChI is InChI=1S/C21H23N3O3S/c1-5-24-20(15-8-6-7-14(2)11-15)22-23-21(24)28-13-18(25)17-10-9-16(26-3)12-19(17)27-4/h6-12H,5,13H2,1-4H3. The number of aryl methyl sites for hydroxylation is 1. The zero-order chi connectivity index (χ0) is 20.1. The Hall–Kier alpha value is -2.80. The molecule has 0 unspecified atom stereocenters. The van der Waals surface area contributed by atoms with E-state index >= 15 is 0 Å². The Labute approximate surface area is 168 Å². The van der Waals surface area contributed by atoms with Gasteiger partial charge in [0.2, 0.25) is 0 Å². The molecule has 0 amide bonds. The van der Waals surface area contributed by atoms with Gasteiger partial charge in [0.25, 0.3) is 0 Å². The van der Waals surface area contributed by atoms with Gasteiger partial charge in [-0.25, -0.2) is 0 Å². The molecule has 1 aromatic heterocycles. The number of aromatic nitrogens is 3. The monoisotopic (exact) mass is 397 g/mol. The Morgan fingerprint density at radius 3 is 2.61 bits per heavy atom. The van der Waals surface area contributed by atoms with Gasteiger partial charge in [0.15, 0.2) is 16.8 Å². The highest BCUT2D eigenvalue weighted by Gasteiger charge is 2.18. The van der Waals surface area contributed by atoms with Crippen LogP contribution in [-0.2, 0) is 6.54 Å². The van der Waals surface area contributed by atoms with Crippen LogP contribution in [0.2, 0.25) is 0 Å². The maximum absolute atomic E-state index is 12.7. The Morgan fingerprint density at radius 1 is 1.11 bits per heavy atom. The largest absolute Gasteiger partial charge is 0.497 e. The third kappa shape index (κ3) is 4.20. The predicted octanol–water partition coefficient (Wildman–Crippen LogP) is 4.27. The van der Waals surface area contributed by atoms with E-state index in [9.17, 15) is 4.79 Å². The fourth-order valence-electron chi connectivity index (χ4n) is 2.91. The molecule has 0 radical (unpaired) electrons. The number of methoxy groups -OCH3 is 2. The van der Waals surface area contributed by atoms with E-state index in [1.54, 1.807) is 32.4 Å². The van der Waals surface area contributed by atoms with Gasteiger partial charge in [-0.15, -0.1) is 10.2 Å². The summed E-state index contributed by atoms with van der Waals surface area (Å²) in [5.74, 6) is 2.17. The number of hydrogen-bond acceptors (Lipinski definition) is 6. The smallest absolute Gasteiger partial charge is 0.191 e. The van der Waals surface area contributed by atoms with Crippen LogP contribution in [-0.4, -0.2) is 40.5 Å². The van der Waals surface area contributed by atoms with E-state index in [1.807, 2.05) is 36.6 Å². The van der Waals surface area contributed by atoms with E-state index in [4.69, 9.17) is 9.47 Å². The molecule has 0 aliphatic carbocycles. The van der Waals surface area contributed by atoms with Gasteiger partial charge in [-0.3, -0.25) is 4.79 Å². The summed E-state index contributed by atoms with van der Waals surface area (Å²) in [5.41, 5.74) is 2.71. The van der Waals surface area contributed by atoms with Crippen molar-refractivity contribution in [3.8, 4) is 22.9 Å². The number of Topliss-reactive ketones (excluding diaryl/α,β-unsaturated/α-hetero) is 1. The van der Waals surface area contributed by atoms with Gasteiger partial charge in [0, 0.05) is 18.2 Å². The van der Waals surface area contributed by atoms with Crippen molar-refractivity contribution in [2.75, 3.05) is 20.0 Å². The van der Waals surface area contributed by atoms with E-state index in [0.717, 1.165) is 23.1 Å². The number of thioether (sulfide) groups is 1. The van der Waals surface area contributed by atoms with Crippen molar-refractivity contribution in [1.82, 2.24) is 14.8 Å². The lowest BCUT2D eigenvalue weighted by molar-refractivity contribution is 0.101. The third-order valence-corrected chi connectivity index (χ3v) is 5.32. The van der Waals surface area contributed by atoms with Gasteiger partial charge >= 0.3 is 0 Å². The Balaban J connectivity index is 1.79. The lowest BCUT2D eigenvalue weighted by Gasteiger charge is -2.10. The number of ether oxygens (including phenoxy) is 2. The first-order valence-corrected chi connectivity index (χ1v) is 9.94. The number of carbonyl (C=O) groups is 1. The second-order valence-electron chi connectivity index (χ2n) is 6.20. The van der Waals surface area contributed by atoms with Crippen molar-refractivity contribution < 1.29 is 14.3 Å². The highest BCUT2D eigenvalue weighted by atomic mass is 32.2. The van der Waals surface area contributed by atoms with E-state index in [-0.39, 0.29) is 11.5 Å². The van der Waals surface area contributed by atoms with Gasteiger partial charge in [-0.1, -0.05) is 35.5 Å². The molecule has 0 bridgehead atoms. The second kappa shape index (κ2) is 8.93. The molecule has 7 heteroatoms. The Bertz CT molecular complexity index is 985. The van der Waals surface area contributed by atoms with Crippen LogP contribution in [0.15, 0.2) is 47.6 Å². The quantitative estimate of drug-likeness (QED) is 0.418. The van der Waals surface area contributed by atoms with Gasteiger partial charge in [-0.05, 0) is 32.0 Å². The molecule has 0 N–H and O–H groups in total. The SMILES string of the molecule is CCn1c(SCC(=O)c2ccc(OC)cc2OC)nnc1-c1cccc(C)c1. The van der Waals surface area contributed by atoms with Crippen molar-refractivity contribution in [3.63, 3.8) is 0 Å². The van der Waals surface area contributed by atoms with Crippen LogP contribution in [0.1, 0.15) is 22.8 Å². The molecule has 1 heterocycles. The minimum atomic E-state index is -0.0349. The first-order chi connectivity index (χ1) is 13.6. The van der Waals surface area contributed by atoms with E-state index in [0.29, 0.717) is 17.1 Å². The number of carbonyl (C=O) groups excluding carboxylic acids is 1. The Kier molecular flexibility index (Phi) is 6.36. The minimum absolute atomic E-state index is 0.0349. The van der Waals surface area contributed by atoms with E-state index in [2.05, 4.69) is 16.3 Å². The molecule has 0 saturated heterocycles. The van der Waals surface area contributed by atoms with E-state index in [1.165, 1.54) is 17.3 Å². The average molecular weight is 398 g/mol. The van der Waals surface area contributed by atoms with Crippen LogP contribution in [0.5, 0.6) is 11.5 Å². The highest BCUT2D eigenvalue weighted by molar-refractivity contribution is 7.99. The summed E-state index contributed by atoms with van der Waals surface area (Å²) >= 11 is 1.38. The molecule has 28 heavy (non-hydrogen) atoms. The molecule has 146 valence electrons. The predicted molar refractivity (Wildman–Crippen MR) is 110 cm³/mol. The van der Waals surface area contributed by atoms with Crippen LogP contribution in [0.25, 0.3) is 11.4 Å². The van der Waals surface area contributed by atoms with Crippen LogP contribution in [0, 0.1) is 6.92 Å².